The third kappa shape index (κ3) is 8.34. The number of carbonyl (C=O) groups excluding carboxylic acids is 2. The standard InChI is InChI=1S/C22H31BrN2O5/c1-22(2,3)30-21(29)24-13-14-7-9-16(10-8-14)19(26)25-18(20(27)28)12-15-5-4-6-17(23)11-15/h4-6,11,14,16,18H,7-10,12-13H2,1-3H3,(H,24,29)(H,25,26)(H,27,28)/t14-,16-,18-/m0/s1. The minimum atomic E-state index is -1.04. The zero-order valence-electron chi connectivity index (χ0n) is 17.7. The average molecular weight is 483 g/mol. The van der Waals surface area contributed by atoms with Gasteiger partial charge in [0.15, 0.2) is 0 Å². The van der Waals surface area contributed by atoms with E-state index in [4.69, 9.17) is 4.74 Å². The predicted octanol–water partition coefficient (Wildman–Crippen LogP) is 3.89. The van der Waals surface area contributed by atoms with Crippen LogP contribution in [0, 0.1) is 11.8 Å². The van der Waals surface area contributed by atoms with Crippen LogP contribution in [0.25, 0.3) is 0 Å². The summed E-state index contributed by atoms with van der Waals surface area (Å²) in [5, 5.41) is 15.0. The molecular formula is C22H31BrN2O5. The molecule has 0 heterocycles. The lowest BCUT2D eigenvalue weighted by molar-refractivity contribution is -0.142. The van der Waals surface area contributed by atoms with Gasteiger partial charge in [-0.3, -0.25) is 4.79 Å². The fourth-order valence-electron chi connectivity index (χ4n) is 3.56. The minimum Gasteiger partial charge on any atom is -0.480 e. The second-order valence-corrected chi connectivity index (χ2v) is 9.75. The molecule has 0 bridgehead atoms. The number of nitrogens with one attached hydrogen (secondary N) is 2. The van der Waals surface area contributed by atoms with Gasteiger partial charge in [-0.05, 0) is 70.1 Å². The first-order chi connectivity index (χ1) is 14.0. The highest BCUT2D eigenvalue weighted by Crippen LogP contribution is 2.29. The molecule has 1 aliphatic carbocycles. The zero-order chi connectivity index (χ0) is 22.3. The molecule has 1 aromatic carbocycles. The lowest BCUT2D eigenvalue weighted by Crippen LogP contribution is -2.46. The quantitative estimate of drug-likeness (QED) is 0.546. The van der Waals surface area contributed by atoms with Crippen molar-refractivity contribution >= 4 is 33.9 Å². The second-order valence-electron chi connectivity index (χ2n) is 8.83. The molecule has 1 aromatic rings. The molecule has 8 heteroatoms. The van der Waals surface area contributed by atoms with Crippen molar-refractivity contribution in [1.29, 1.82) is 0 Å². The molecule has 2 amide bonds. The number of alkyl carbamates (subject to hydrolysis) is 1. The highest BCUT2D eigenvalue weighted by molar-refractivity contribution is 9.10. The number of hydrogen-bond acceptors (Lipinski definition) is 4. The van der Waals surface area contributed by atoms with Crippen molar-refractivity contribution in [2.45, 2.75) is 64.5 Å². The third-order valence-electron chi connectivity index (χ3n) is 5.09. The molecule has 0 radical (unpaired) electrons. The SMILES string of the molecule is CC(C)(C)OC(=O)NC[C@H]1CC[C@H](C(=O)N[C@@H](Cc2cccc(Br)c2)C(=O)O)CC1. The molecule has 1 aliphatic rings. The van der Waals surface area contributed by atoms with Crippen LogP contribution < -0.4 is 10.6 Å². The molecule has 3 N–H and O–H groups in total. The topological polar surface area (TPSA) is 105 Å². The molecule has 30 heavy (non-hydrogen) atoms. The van der Waals surface area contributed by atoms with Crippen LogP contribution in [0.15, 0.2) is 28.7 Å². The van der Waals surface area contributed by atoms with E-state index in [2.05, 4.69) is 26.6 Å². The molecule has 0 unspecified atom stereocenters. The van der Waals surface area contributed by atoms with Crippen LogP contribution in [0.4, 0.5) is 4.79 Å². The third-order valence-corrected chi connectivity index (χ3v) is 5.59. The number of rotatable bonds is 7. The largest absolute Gasteiger partial charge is 0.480 e. The summed E-state index contributed by atoms with van der Waals surface area (Å²) in [6.07, 6.45) is 2.76. The van der Waals surface area contributed by atoms with Crippen molar-refractivity contribution in [1.82, 2.24) is 10.6 Å². The first kappa shape index (κ1) is 24.2. The molecule has 0 saturated heterocycles. The summed E-state index contributed by atoms with van der Waals surface area (Å²) in [6, 6.07) is 6.44. The summed E-state index contributed by atoms with van der Waals surface area (Å²) in [5.41, 5.74) is 0.310. The number of carboxylic acids is 1. The number of hydrogen-bond donors (Lipinski definition) is 3. The smallest absolute Gasteiger partial charge is 0.407 e. The van der Waals surface area contributed by atoms with Crippen LogP contribution in [0.2, 0.25) is 0 Å². The molecule has 1 atom stereocenters. The molecule has 0 spiro atoms. The van der Waals surface area contributed by atoms with E-state index in [0.717, 1.165) is 22.9 Å². The zero-order valence-corrected chi connectivity index (χ0v) is 19.3. The van der Waals surface area contributed by atoms with E-state index in [1.54, 1.807) is 0 Å². The van der Waals surface area contributed by atoms with Gasteiger partial charge in [0.1, 0.15) is 11.6 Å². The van der Waals surface area contributed by atoms with Crippen molar-refractivity contribution in [3.63, 3.8) is 0 Å². The minimum absolute atomic E-state index is 0.202. The van der Waals surface area contributed by atoms with Crippen molar-refractivity contribution in [2.24, 2.45) is 11.8 Å². The van der Waals surface area contributed by atoms with Gasteiger partial charge in [0.05, 0.1) is 0 Å². The molecular weight excluding hydrogens is 452 g/mol. The van der Waals surface area contributed by atoms with Gasteiger partial charge in [-0.25, -0.2) is 9.59 Å². The summed E-state index contributed by atoms with van der Waals surface area (Å²) in [7, 11) is 0. The van der Waals surface area contributed by atoms with Crippen LogP contribution >= 0.6 is 15.9 Å². The van der Waals surface area contributed by atoms with Crippen molar-refractivity contribution < 1.29 is 24.2 Å². The number of halogens is 1. The Bertz CT molecular complexity index is 754. The maximum absolute atomic E-state index is 12.6. The maximum Gasteiger partial charge on any atom is 0.407 e. The van der Waals surface area contributed by atoms with E-state index in [0.29, 0.717) is 25.3 Å². The fraction of sp³-hybridized carbons (Fsp3) is 0.591. The lowest BCUT2D eigenvalue weighted by atomic mass is 9.81. The molecule has 7 nitrogen and oxygen atoms in total. The summed E-state index contributed by atoms with van der Waals surface area (Å²) in [6.45, 7) is 5.97. The summed E-state index contributed by atoms with van der Waals surface area (Å²) < 4.78 is 6.11. The summed E-state index contributed by atoms with van der Waals surface area (Å²) in [5.74, 6) is -1.17. The highest BCUT2D eigenvalue weighted by Gasteiger charge is 2.30. The molecule has 0 aliphatic heterocycles. The van der Waals surface area contributed by atoms with Gasteiger partial charge in [-0.2, -0.15) is 0 Å². The van der Waals surface area contributed by atoms with Crippen LogP contribution in [-0.2, 0) is 20.7 Å². The number of carboxylic acid groups (broad SMARTS) is 1. The number of aliphatic carboxylic acids is 1. The van der Waals surface area contributed by atoms with E-state index in [1.807, 2.05) is 45.0 Å². The van der Waals surface area contributed by atoms with Gasteiger partial charge in [-0.1, -0.05) is 28.1 Å². The number of benzene rings is 1. The van der Waals surface area contributed by atoms with Gasteiger partial charge >= 0.3 is 12.1 Å². The normalized spacial score (nSPS) is 20.1. The van der Waals surface area contributed by atoms with Gasteiger partial charge in [0.25, 0.3) is 0 Å². The molecule has 0 aromatic heterocycles. The van der Waals surface area contributed by atoms with Crippen LogP contribution in [0.5, 0.6) is 0 Å². The Hall–Kier alpha value is -2.09. The maximum atomic E-state index is 12.6. The van der Waals surface area contributed by atoms with Crippen molar-refractivity contribution in [2.75, 3.05) is 6.54 Å². The number of amides is 2. The lowest BCUT2D eigenvalue weighted by Gasteiger charge is -2.29. The number of carbonyl (C=O) groups is 3. The van der Waals surface area contributed by atoms with E-state index in [9.17, 15) is 19.5 Å². The summed E-state index contributed by atoms with van der Waals surface area (Å²) in [4.78, 5) is 36.0. The molecule has 1 saturated carbocycles. The first-order valence-corrected chi connectivity index (χ1v) is 11.1. The Labute approximate surface area is 186 Å². The van der Waals surface area contributed by atoms with E-state index in [1.165, 1.54) is 0 Å². The molecule has 166 valence electrons. The molecule has 2 rings (SSSR count). The average Bonchev–Trinajstić information content (AvgIpc) is 2.65. The Morgan fingerprint density at radius 1 is 1.20 bits per heavy atom. The Balaban J connectivity index is 1.79. The first-order valence-electron chi connectivity index (χ1n) is 10.3. The van der Waals surface area contributed by atoms with Crippen molar-refractivity contribution in [3.05, 3.63) is 34.3 Å². The molecule has 1 fully saturated rings. The summed E-state index contributed by atoms with van der Waals surface area (Å²) >= 11 is 3.37. The Kier molecular flexibility index (Phi) is 8.70. The Morgan fingerprint density at radius 3 is 2.43 bits per heavy atom. The van der Waals surface area contributed by atoms with Gasteiger partial charge < -0.3 is 20.5 Å². The van der Waals surface area contributed by atoms with Crippen LogP contribution in [0.3, 0.4) is 0 Å². The van der Waals surface area contributed by atoms with Crippen molar-refractivity contribution in [3.8, 4) is 0 Å². The van der Waals surface area contributed by atoms with E-state index < -0.39 is 23.7 Å². The fourth-order valence-corrected chi connectivity index (χ4v) is 4.01. The van der Waals surface area contributed by atoms with Crippen LogP contribution in [-0.4, -0.2) is 41.3 Å². The number of ether oxygens (including phenoxy) is 1. The predicted molar refractivity (Wildman–Crippen MR) is 117 cm³/mol. The highest BCUT2D eigenvalue weighted by atomic mass is 79.9. The Morgan fingerprint density at radius 2 is 1.87 bits per heavy atom. The van der Waals surface area contributed by atoms with Crippen LogP contribution in [0.1, 0.15) is 52.0 Å². The second kappa shape index (κ2) is 10.8. The van der Waals surface area contributed by atoms with E-state index in [-0.39, 0.29) is 18.2 Å². The van der Waals surface area contributed by atoms with Gasteiger partial charge in [0.2, 0.25) is 5.91 Å². The van der Waals surface area contributed by atoms with Gasteiger partial charge in [-0.15, -0.1) is 0 Å². The monoisotopic (exact) mass is 482 g/mol. The van der Waals surface area contributed by atoms with E-state index >= 15 is 0 Å². The van der Waals surface area contributed by atoms with Gasteiger partial charge in [0, 0.05) is 23.4 Å².